The number of carboxylic acid groups (broad SMARTS) is 1. The van der Waals surface area contributed by atoms with Crippen LogP contribution in [-0.2, 0) is 24.1 Å². The smallest absolute Gasteiger partial charge is 0.307 e. The highest BCUT2D eigenvalue weighted by Gasteiger charge is 2.18. The molecule has 1 aliphatic carbocycles. The second-order valence-corrected chi connectivity index (χ2v) is 5.90. The first kappa shape index (κ1) is 16.0. The number of rotatable bonds is 4. The molecule has 124 valence electrons. The number of H-pyrrole nitrogens is 1. The van der Waals surface area contributed by atoms with E-state index in [-0.39, 0.29) is 12.0 Å². The molecule has 2 aromatic rings. The average Bonchev–Trinajstić information content (AvgIpc) is 2.55. The van der Waals surface area contributed by atoms with Crippen molar-refractivity contribution in [3.05, 3.63) is 63.1 Å². The highest BCUT2D eigenvalue weighted by Crippen LogP contribution is 2.20. The maximum atomic E-state index is 12.5. The fraction of sp³-hybridized carbons (Fsp3) is 0.278. The van der Waals surface area contributed by atoms with Gasteiger partial charge in [-0.25, -0.2) is 0 Å². The maximum Gasteiger partial charge on any atom is 0.307 e. The van der Waals surface area contributed by atoms with Crippen LogP contribution in [0.2, 0.25) is 0 Å². The lowest BCUT2D eigenvalue weighted by molar-refractivity contribution is -0.136. The molecular formula is C18H18N2O4. The van der Waals surface area contributed by atoms with Crippen molar-refractivity contribution in [1.82, 2.24) is 4.98 Å². The first-order chi connectivity index (χ1) is 11.5. The zero-order chi connectivity index (χ0) is 17.1. The number of anilines is 1. The molecule has 1 aromatic carbocycles. The van der Waals surface area contributed by atoms with E-state index in [0.29, 0.717) is 11.3 Å². The Morgan fingerprint density at radius 3 is 2.71 bits per heavy atom. The summed E-state index contributed by atoms with van der Waals surface area (Å²) in [5.41, 5.74) is 2.46. The van der Waals surface area contributed by atoms with Gasteiger partial charge >= 0.3 is 5.97 Å². The van der Waals surface area contributed by atoms with Gasteiger partial charge in [0, 0.05) is 11.4 Å². The van der Waals surface area contributed by atoms with Crippen LogP contribution in [0.1, 0.15) is 40.0 Å². The zero-order valence-corrected chi connectivity index (χ0v) is 13.1. The average molecular weight is 326 g/mol. The maximum absolute atomic E-state index is 12.5. The predicted octanol–water partition coefficient (Wildman–Crippen LogP) is 2.13. The summed E-state index contributed by atoms with van der Waals surface area (Å²) in [5.74, 6) is -1.51. The molecule has 24 heavy (non-hydrogen) atoms. The fourth-order valence-corrected chi connectivity index (χ4v) is 2.99. The van der Waals surface area contributed by atoms with E-state index in [1.165, 1.54) is 0 Å². The third-order valence-electron chi connectivity index (χ3n) is 4.19. The predicted molar refractivity (Wildman–Crippen MR) is 89.4 cm³/mol. The van der Waals surface area contributed by atoms with Crippen molar-refractivity contribution in [1.29, 1.82) is 0 Å². The van der Waals surface area contributed by atoms with Crippen LogP contribution >= 0.6 is 0 Å². The SMILES string of the molecule is O=C(O)Cc1ccccc1NC(=O)c1cc2c([nH]c1=O)CCCC2. The standard InChI is InChI=1S/C18H18N2O4/c21-16(22)10-12-6-2-4-8-15(12)20-18(24)13-9-11-5-1-3-7-14(11)19-17(13)23/h2,4,6,8-9H,1,3,5,7,10H2,(H,19,23)(H,20,24)(H,21,22). The van der Waals surface area contributed by atoms with Gasteiger partial charge in [-0.3, -0.25) is 14.4 Å². The zero-order valence-electron chi connectivity index (χ0n) is 13.1. The van der Waals surface area contributed by atoms with E-state index in [4.69, 9.17) is 5.11 Å². The van der Waals surface area contributed by atoms with E-state index >= 15 is 0 Å². The number of aliphatic carboxylic acids is 1. The van der Waals surface area contributed by atoms with Gasteiger partial charge in [0.1, 0.15) is 5.56 Å². The summed E-state index contributed by atoms with van der Waals surface area (Å²) < 4.78 is 0. The van der Waals surface area contributed by atoms with Crippen LogP contribution < -0.4 is 10.9 Å². The summed E-state index contributed by atoms with van der Waals surface area (Å²) in [7, 11) is 0. The van der Waals surface area contributed by atoms with Gasteiger partial charge in [-0.1, -0.05) is 18.2 Å². The first-order valence-electron chi connectivity index (χ1n) is 7.90. The summed E-state index contributed by atoms with van der Waals surface area (Å²) in [6.07, 6.45) is 3.56. The lowest BCUT2D eigenvalue weighted by atomic mass is 9.95. The van der Waals surface area contributed by atoms with Crippen LogP contribution in [0, 0.1) is 0 Å². The second kappa shape index (κ2) is 6.70. The Morgan fingerprint density at radius 1 is 1.17 bits per heavy atom. The summed E-state index contributed by atoms with van der Waals surface area (Å²) in [6.45, 7) is 0. The highest BCUT2D eigenvalue weighted by atomic mass is 16.4. The van der Waals surface area contributed by atoms with Crippen LogP contribution in [0.25, 0.3) is 0 Å². The van der Waals surface area contributed by atoms with Gasteiger partial charge in [0.2, 0.25) is 0 Å². The molecule has 0 fully saturated rings. The van der Waals surface area contributed by atoms with E-state index in [1.807, 2.05) is 0 Å². The number of para-hydroxylation sites is 1. The molecule has 1 heterocycles. The van der Waals surface area contributed by atoms with Gasteiger partial charge in [0.25, 0.3) is 11.5 Å². The topological polar surface area (TPSA) is 99.3 Å². The molecule has 1 amide bonds. The third-order valence-corrected chi connectivity index (χ3v) is 4.19. The number of aromatic amines is 1. The van der Waals surface area contributed by atoms with E-state index in [0.717, 1.165) is 36.9 Å². The minimum atomic E-state index is -0.983. The molecule has 1 aromatic heterocycles. The Hall–Kier alpha value is -2.89. The number of carbonyl (C=O) groups excluding carboxylic acids is 1. The largest absolute Gasteiger partial charge is 0.481 e. The Labute approximate surface area is 138 Å². The lowest BCUT2D eigenvalue weighted by Gasteiger charge is -2.16. The molecule has 0 atom stereocenters. The van der Waals surface area contributed by atoms with E-state index < -0.39 is 17.4 Å². The minimum Gasteiger partial charge on any atom is -0.481 e. The Kier molecular flexibility index (Phi) is 4.46. The number of fused-ring (bicyclic) bond motifs is 1. The first-order valence-corrected chi connectivity index (χ1v) is 7.90. The molecule has 1 aliphatic rings. The molecule has 6 heteroatoms. The van der Waals surface area contributed by atoms with Gasteiger partial charge < -0.3 is 15.4 Å². The molecule has 0 radical (unpaired) electrons. The summed E-state index contributed by atoms with van der Waals surface area (Å²) >= 11 is 0. The number of amides is 1. The lowest BCUT2D eigenvalue weighted by Crippen LogP contribution is -2.26. The molecule has 0 bridgehead atoms. The normalized spacial score (nSPS) is 13.2. The monoisotopic (exact) mass is 326 g/mol. The van der Waals surface area contributed by atoms with Gasteiger partial charge in [0.05, 0.1) is 6.42 Å². The molecule has 3 rings (SSSR count). The second-order valence-electron chi connectivity index (χ2n) is 5.90. The Balaban J connectivity index is 1.88. The van der Waals surface area contributed by atoms with Crippen LogP contribution in [0.4, 0.5) is 5.69 Å². The van der Waals surface area contributed by atoms with Crippen LogP contribution in [-0.4, -0.2) is 22.0 Å². The van der Waals surface area contributed by atoms with E-state index in [9.17, 15) is 14.4 Å². The van der Waals surface area contributed by atoms with Gasteiger partial charge in [0.15, 0.2) is 0 Å². The third kappa shape index (κ3) is 3.37. The highest BCUT2D eigenvalue weighted by molar-refractivity contribution is 6.04. The molecule has 0 spiro atoms. The van der Waals surface area contributed by atoms with Gasteiger partial charge in [-0.15, -0.1) is 0 Å². The van der Waals surface area contributed by atoms with Gasteiger partial charge in [-0.2, -0.15) is 0 Å². The fourth-order valence-electron chi connectivity index (χ4n) is 2.99. The summed E-state index contributed by atoms with van der Waals surface area (Å²) in [4.78, 5) is 38.4. The van der Waals surface area contributed by atoms with Crippen LogP contribution in [0.15, 0.2) is 35.1 Å². The number of pyridine rings is 1. The van der Waals surface area contributed by atoms with Crippen molar-refractivity contribution in [3.63, 3.8) is 0 Å². The van der Waals surface area contributed by atoms with Crippen molar-refractivity contribution < 1.29 is 14.7 Å². The Morgan fingerprint density at radius 2 is 1.92 bits per heavy atom. The van der Waals surface area contributed by atoms with Crippen LogP contribution in [0.3, 0.4) is 0 Å². The molecule has 0 saturated heterocycles. The number of nitrogens with one attached hydrogen (secondary N) is 2. The van der Waals surface area contributed by atoms with Crippen molar-refractivity contribution >= 4 is 17.6 Å². The van der Waals surface area contributed by atoms with Crippen molar-refractivity contribution in [3.8, 4) is 0 Å². The molecule has 3 N–H and O–H groups in total. The Bertz CT molecular complexity index is 854. The minimum absolute atomic E-state index is 0.0563. The number of aromatic nitrogens is 1. The molecule has 0 aliphatic heterocycles. The van der Waals surface area contributed by atoms with Crippen molar-refractivity contribution in [2.45, 2.75) is 32.1 Å². The number of aryl methyl sites for hydroxylation is 2. The van der Waals surface area contributed by atoms with E-state index in [2.05, 4.69) is 10.3 Å². The van der Waals surface area contributed by atoms with Gasteiger partial charge in [-0.05, 0) is 48.9 Å². The molecular weight excluding hydrogens is 308 g/mol. The quantitative estimate of drug-likeness (QED) is 0.801. The number of hydrogen-bond donors (Lipinski definition) is 3. The number of carboxylic acids is 1. The van der Waals surface area contributed by atoms with E-state index in [1.54, 1.807) is 30.3 Å². The number of hydrogen-bond acceptors (Lipinski definition) is 3. The number of benzene rings is 1. The van der Waals surface area contributed by atoms with Crippen LogP contribution in [0.5, 0.6) is 0 Å². The molecule has 0 saturated carbocycles. The summed E-state index contributed by atoms with van der Waals surface area (Å²) in [6, 6.07) is 8.34. The van der Waals surface area contributed by atoms with Crippen molar-refractivity contribution in [2.75, 3.05) is 5.32 Å². The summed E-state index contributed by atoms with van der Waals surface area (Å²) in [5, 5.41) is 11.6. The molecule has 6 nitrogen and oxygen atoms in total. The molecule has 0 unspecified atom stereocenters. The van der Waals surface area contributed by atoms with Crippen molar-refractivity contribution in [2.24, 2.45) is 0 Å². The number of carbonyl (C=O) groups is 2.